The number of benzene rings is 1. The molecule has 2 unspecified atom stereocenters. The van der Waals surface area contributed by atoms with E-state index < -0.39 is 15.4 Å². The number of hydrogen-bond donors (Lipinski definition) is 2. The lowest BCUT2D eigenvalue weighted by molar-refractivity contribution is -0.147. The van der Waals surface area contributed by atoms with Gasteiger partial charge in [0.15, 0.2) is 0 Å². The molecule has 1 aromatic rings. The quantitative estimate of drug-likeness (QED) is 0.643. The minimum absolute atomic E-state index is 0.00388. The first kappa shape index (κ1) is 21.2. The topological polar surface area (TPSA) is 110 Å². The summed E-state index contributed by atoms with van der Waals surface area (Å²) in [5.41, 5.74) is 5.34. The number of hydrogen-bond acceptors (Lipinski definition) is 4. The van der Waals surface area contributed by atoms with Crippen LogP contribution in [0.25, 0.3) is 0 Å². The van der Waals surface area contributed by atoms with E-state index in [-0.39, 0.29) is 47.2 Å². The third kappa shape index (κ3) is 3.76. The number of nitrogens with one attached hydrogen (secondary N) is 1. The molecule has 0 aliphatic heterocycles. The molecule has 2 atom stereocenters. The number of carbonyl (C=O) groups excluding carboxylic acids is 2. The summed E-state index contributed by atoms with van der Waals surface area (Å²) in [6, 6.07) is 5.91. The van der Waals surface area contributed by atoms with E-state index in [1.54, 1.807) is 12.1 Å². The summed E-state index contributed by atoms with van der Waals surface area (Å²) in [5, 5.41) is 3.61. The summed E-state index contributed by atoms with van der Waals surface area (Å²) in [4.78, 5) is 25.3. The summed E-state index contributed by atoms with van der Waals surface area (Å²) in [7, 11) is -3.78. The molecule has 0 heterocycles. The summed E-state index contributed by atoms with van der Waals surface area (Å²) >= 11 is 5.90. The molecule has 4 bridgehead atoms. The highest BCUT2D eigenvalue weighted by molar-refractivity contribution is 7.89. The molecule has 7 nitrogen and oxygen atoms in total. The first-order valence-electron chi connectivity index (χ1n) is 11.0. The Balaban J connectivity index is 1.30. The Morgan fingerprint density at radius 3 is 2.26 bits per heavy atom. The van der Waals surface area contributed by atoms with Crippen LogP contribution in [-0.2, 0) is 19.6 Å². The molecule has 6 rings (SSSR count). The van der Waals surface area contributed by atoms with Gasteiger partial charge in [0.2, 0.25) is 21.8 Å². The maximum Gasteiger partial charge on any atom is 0.243 e. The van der Waals surface area contributed by atoms with Crippen LogP contribution in [0.5, 0.6) is 0 Å². The molecular formula is C22H28ClN3O4S. The largest absolute Gasteiger partial charge is 0.369 e. The molecule has 2 amide bonds. The number of carbonyl (C=O) groups is 2. The molecule has 5 saturated carbocycles. The fourth-order valence-electron chi connectivity index (χ4n) is 6.45. The maximum absolute atomic E-state index is 13.2. The molecule has 5 fully saturated rings. The molecule has 1 aromatic carbocycles. The van der Waals surface area contributed by atoms with Crippen molar-refractivity contribution in [2.45, 2.75) is 61.9 Å². The molecule has 3 N–H and O–H groups in total. The van der Waals surface area contributed by atoms with Crippen molar-refractivity contribution in [3.05, 3.63) is 29.3 Å². The van der Waals surface area contributed by atoms with Gasteiger partial charge in [-0.25, -0.2) is 8.42 Å². The van der Waals surface area contributed by atoms with Gasteiger partial charge in [0.1, 0.15) is 0 Å². The number of amides is 2. The number of rotatable bonds is 7. The van der Waals surface area contributed by atoms with Crippen molar-refractivity contribution in [3.8, 4) is 0 Å². The minimum atomic E-state index is -3.78. The van der Waals surface area contributed by atoms with E-state index in [1.807, 2.05) is 0 Å². The first-order chi connectivity index (χ1) is 14.7. The normalized spacial score (nSPS) is 34.1. The molecule has 0 aromatic heterocycles. The highest BCUT2D eigenvalue weighted by atomic mass is 35.5. The Labute approximate surface area is 187 Å². The van der Waals surface area contributed by atoms with Gasteiger partial charge in [0, 0.05) is 22.5 Å². The Hall–Kier alpha value is -1.64. The lowest BCUT2D eigenvalue weighted by Gasteiger charge is -2.58. The molecule has 5 aliphatic rings. The van der Waals surface area contributed by atoms with Gasteiger partial charge in [-0.2, -0.15) is 4.31 Å². The standard InChI is InChI=1S/C22H28ClN3O4S/c23-16-1-5-18(6-2-16)31(29,30)26(17-3-4-17)12-19(27)25-20-14-7-13-8-15(20)11-22(9-13,10-14)21(24)28/h1-2,5-6,13-15,17,20H,3-4,7-12H2,(H2,24,28)(H,25,27). The molecule has 0 spiro atoms. The van der Waals surface area contributed by atoms with Crippen molar-refractivity contribution in [3.63, 3.8) is 0 Å². The Kier molecular flexibility index (Phi) is 5.10. The lowest BCUT2D eigenvalue weighted by atomic mass is 9.47. The average Bonchev–Trinajstić information content (AvgIpc) is 3.53. The van der Waals surface area contributed by atoms with Crippen LogP contribution in [0.2, 0.25) is 5.02 Å². The zero-order valence-corrected chi connectivity index (χ0v) is 18.9. The van der Waals surface area contributed by atoms with Crippen molar-refractivity contribution in [2.24, 2.45) is 28.9 Å². The van der Waals surface area contributed by atoms with Crippen molar-refractivity contribution < 1.29 is 18.0 Å². The predicted octanol–water partition coefficient (Wildman–Crippen LogP) is 2.29. The highest BCUT2D eigenvalue weighted by Crippen LogP contribution is 2.59. The smallest absolute Gasteiger partial charge is 0.243 e. The first-order valence-corrected chi connectivity index (χ1v) is 12.9. The lowest BCUT2D eigenvalue weighted by Crippen LogP contribution is -2.62. The molecule has 0 radical (unpaired) electrons. The van der Waals surface area contributed by atoms with E-state index in [4.69, 9.17) is 17.3 Å². The van der Waals surface area contributed by atoms with E-state index in [0.717, 1.165) is 44.9 Å². The van der Waals surface area contributed by atoms with Crippen LogP contribution >= 0.6 is 11.6 Å². The second-order valence-corrected chi connectivity index (χ2v) is 12.3. The van der Waals surface area contributed by atoms with Crippen molar-refractivity contribution in [1.82, 2.24) is 9.62 Å². The summed E-state index contributed by atoms with van der Waals surface area (Å²) in [6.45, 7) is -0.185. The van der Waals surface area contributed by atoms with Gasteiger partial charge in [0.05, 0.1) is 11.4 Å². The summed E-state index contributed by atoms with van der Waals surface area (Å²) in [5.74, 6) is 0.516. The second-order valence-electron chi connectivity index (χ2n) is 9.94. The fourth-order valence-corrected chi connectivity index (χ4v) is 8.22. The average molecular weight is 466 g/mol. The van der Waals surface area contributed by atoms with Crippen molar-refractivity contribution >= 4 is 33.4 Å². The van der Waals surface area contributed by atoms with E-state index in [0.29, 0.717) is 10.9 Å². The monoisotopic (exact) mass is 465 g/mol. The molecule has 0 saturated heterocycles. The maximum atomic E-state index is 13.2. The van der Waals surface area contributed by atoms with Gasteiger partial charge in [-0.1, -0.05) is 11.6 Å². The third-order valence-corrected chi connectivity index (χ3v) is 9.96. The van der Waals surface area contributed by atoms with E-state index >= 15 is 0 Å². The SMILES string of the molecule is NC(=O)C12CC3CC(C1)C(NC(=O)CN(C1CC1)S(=O)(=O)c1ccc(Cl)cc1)C(C3)C2. The summed E-state index contributed by atoms with van der Waals surface area (Å²) in [6.07, 6.45) is 5.88. The van der Waals surface area contributed by atoms with Gasteiger partial charge < -0.3 is 11.1 Å². The zero-order valence-electron chi connectivity index (χ0n) is 17.3. The van der Waals surface area contributed by atoms with Crippen molar-refractivity contribution in [2.75, 3.05) is 6.54 Å². The summed E-state index contributed by atoms with van der Waals surface area (Å²) < 4.78 is 27.7. The number of sulfonamides is 1. The van der Waals surface area contributed by atoms with Crippen LogP contribution in [0.3, 0.4) is 0 Å². The Morgan fingerprint density at radius 1 is 1.10 bits per heavy atom. The van der Waals surface area contributed by atoms with Crippen LogP contribution < -0.4 is 11.1 Å². The Bertz CT molecular complexity index is 992. The van der Waals surface area contributed by atoms with E-state index in [1.165, 1.54) is 16.4 Å². The Morgan fingerprint density at radius 2 is 1.71 bits per heavy atom. The number of nitrogens with two attached hydrogens (primary N) is 1. The van der Waals surface area contributed by atoms with Gasteiger partial charge in [-0.15, -0.1) is 0 Å². The van der Waals surface area contributed by atoms with Crippen LogP contribution in [0.4, 0.5) is 0 Å². The predicted molar refractivity (Wildman–Crippen MR) is 115 cm³/mol. The minimum Gasteiger partial charge on any atom is -0.369 e. The second kappa shape index (κ2) is 7.46. The van der Waals surface area contributed by atoms with Gasteiger partial charge in [-0.05, 0) is 87.0 Å². The van der Waals surface area contributed by atoms with Gasteiger partial charge in [-0.3, -0.25) is 9.59 Å². The zero-order chi connectivity index (χ0) is 22.0. The van der Waals surface area contributed by atoms with Gasteiger partial charge >= 0.3 is 0 Å². The molecule has 31 heavy (non-hydrogen) atoms. The molecule has 5 aliphatic carbocycles. The van der Waals surface area contributed by atoms with Gasteiger partial charge in [0.25, 0.3) is 0 Å². The number of halogens is 1. The van der Waals surface area contributed by atoms with Crippen LogP contribution in [0.1, 0.15) is 44.9 Å². The van der Waals surface area contributed by atoms with Crippen LogP contribution in [0, 0.1) is 23.2 Å². The molecule has 168 valence electrons. The fraction of sp³-hybridized carbons (Fsp3) is 0.636. The van der Waals surface area contributed by atoms with E-state index in [9.17, 15) is 18.0 Å². The molecule has 9 heteroatoms. The number of primary amides is 1. The third-order valence-electron chi connectivity index (χ3n) is 7.80. The highest BCUT2D eigenvalue weighted by Gasteiger charge is 2.58. The van der Waals surface area contributed by atoms with Crippen LogP contribution in [-0.4, -0.2) is 43.2 Å². The number of nitrogens with zero attached hydrogens (tertiary/aromatic N) is 1. The van der Waals surface area contributed by atoms with E-state index in [2.05, 4.69) is 5.32 Å². The van der Waals surface area contributed by atoms with Crippen molar-refractivity contribution in [1.29, 1.82) is 0 Å². The molecular weight excluding hydrogens is 438 g/mol. The van der Waals surface area contributed by atoms with Crippen LogP contribution in [0.15, 0.2) is 29.2 Å².